The zero-order valence-electron chi connectivity index (χ0n) is 11.3. The molecule has 1 heterocycles. The van der Waals surface area contributed by atoms with E-state index < -0.39 is 0 Å². The Hall–Kier alpha value is -0.800. The summed E-state index contributed by atoms with van der Waals surface area (Å²) in [6.45, 7) is 6.55. The van der Waals surface area contributed by atoms with Gasteiger partial charge >= 0.3 is 0 Å². The summed E-state index contributed by atoms with van der Waals surface area (Å²) in [5.74, 6) is 0. The van der Waals surface area contributed by atoms with Crippen LogP contribution in [0.4, 0.5) is 5.69 Å². The van der Waals surface area contributed by atoms with Crippen molar-refractivity contribution in [3.63, 3.8) is 0 Å². The fraction of sp³-hybridized carbons (Fsp3) is 0.467. The van der Waals surface area contributed by atoms with Gasteiger partial charge in [0.25, 0.3) is 0 Å². The van der Waals surface area contributed by atoms with Crippen LogP contribution in [0.5, 0.6) is 0 Å². The third kappa shape index (κ3) is 2.96. The van der Waals surface area contributed by atoms with Crippen LogP contribution in [0.3, 0.4) is 0 Å². The van der Waals surface area contributed by atoms with Crippen LogP contribution in [-0.2, 0) is 0 Å². The van der Waals surface area contributed by atoms with E-state index in [9.17, 15) is 0 Å². The summed E-state index contributed by atoms with van der Waals surface area (Å²) >= 11 is 3.69. The summed E-state index contributed by atoms with van der Waals surface area (Å²) in [5, 5.41) is 3.28. The zero-order valence-corrected chi connectivity index (χ0v) is 12.9. The molecule has 1 aliphatic rings. The first kappa shape index (κ1) is 13.6. The average molecular weight is 309 g/mol. The molecule has 0 saturated carbocycles. The minimum Gasteiger partial charge on any atom is -0.367 e. The molecule has 1 aliphatic heterocycles. The number of hydrogen-bond acceptors (Lipinski definition) is 2. The second-order valence-corrected chi connectivity index (χ2v) is 5.83. The van der Waals surface area contributed by atoms with Gasteiger partial charge in [0.1, 0.15) is 0 Å². The average Bonchev–Trinajstić information content (AvgIpc) is 2.37. The van der Waals surface area contributed by atoms with Crippen LogP contribution < -0.4 is 10.2 Å². The highest BCUT2D eigenvalue weighted by molar-refractivity contribution is 9.10. The molecule has 2 rings (SSSR count). The Morgan fingerprint density at radius 2 is 2.17 bits per heavy atom. The fourth-order valence-corrected chi connectivity index (χ4v) is 3.06. The van der Waals surface area contributed by atoms with Crippen LogP contribution in [0.25, 0.3) is 0 Å². The number of halogens is 1. The maximum absolute atomic E-state index is 3.69. The van der Waals surface area contributed by atoms with Crippen LogP contribution in [0.1, 0.15) is 31.9 Å². The summed E-state index contributed by atoms with van der Waals surface area (Å²) in [4.78, 5) is 2.44. The SMILES string of the molecule is CNC(C)c1ccc(N2CCC=C(C)C2)cc1Br. The Balaban J connectivity index is 2.21. The maximum atomic E-state index is 3.69. The highest BCUT2D eigenvalue weighted by Gasteiger charge is 2.13. The summed E-state index contributed by atoms with van der Waals surface area (Å²) in [5.41, 5.74) is 4.08. The van der Waals surface area contributed by atoms with E-state index in [1.165, 1.54) is 21.3 Å². The second kappa shape index (κ2) is 5.89. The first-order chi connectivity index (χ1) is 8.61. The van der Waals surface area contributed by atoms with Gasteiger partial charge in [0.2, 0.25) is 0 Å². The third-order valence-corrected chi connectivity index (χ3v) is 4.27. The lowest BCUT2D eigenvalue weighted by molar-refractivity contribution is 0.649. The standard InChI is InChI=1S/C15H21BrN2/c1-11-5-4-8-18(10-11)13-6-7-14(12(2)17-3)15(16)9-13/h5-7,9,12,17H,4,8,10H2,1-3H3. The molecule has 0 saturated heterocycles. The Morgan fingerprint density at radius 3 is 2.78 bits per heavy atom. The molecular formula is C15H21BrN2. The lowest BCUT2D eigenvalue weighted by atomic mass is 10.1. The predicted molar refractivity (Wildman–Crippen MR) is 82.2 cm³/mol. The molecule has 1 unspecified atom stereocenters. The number of nitrogens with one attached hydrogen (secondary N) is 1. The van der Waals surface area contributed by atoms with E-state index in [1.807, 2.05) is 7.05 Å². The minimum absolute atomic E-state index is 0.372. The molecule has 18 heavy (non-hydrogen) atoms. The van der Waals surface area contributed by atoms with Crippen LogP contribution in [0, 0.1) is 0 Å². The van der Waals surface area contributed by atoms with Gasteiger partial charge in [0, 0.05) is 29.3 Å². The Kier molecular flexibility index (Phi) is 4.46. The number of nitrogens with zero attached hydrogens (tertiary/aromatic N) is 1. The lowest BCUT2D eigenvalue weighted by Gasteiger charge is -2.29. The molecule has 1 aromatic rings. The normalized spacial score (nSPS) is 17.6. The summed E-state index contributed by atoms with van der Waals surface area (Å²) in [6.07, 6.45) is 3.49. The van der Waals surface area contributed by atoms with Crippen LogP contribution in [0.2, 0.25) is 0 Å². The number of benzene rings is 1. The van der Waals surface area contributed by atoms with Gasteiger partial charge in [-0.05, 0) is 45.0 Å². The Bertz CT molecular complexity index is 454. The van der Waals surface area contributed by atoms with Crippen LogP contribution in [0.15, 0.2) is 34.3 Å². The first-order valence-corrected chi connectivity index (χ1v) is 7.28. The molecule has 0 spiro atoms. The van der Waals surface area contributed by atoms with Gasteiger partial charge in [-0.25, -0.2) is 0 Å². The van der Waals surface area contributed by atoms with Crippen molar-refractivity contribution < 1.29 is 0 Å². The molecule has 0 aromatic heterocycles. The molecule has 1 aromatic carbocycles. The van der Waals surface area contributed by atoms with Crippen molar-refractivity contribution in [2.75, 3.05) is 25.0 Å². The van der Waals surface area contributed by atoms with Gasteiger partial charge < -0.3 is 10.2 Å². The summed E-state index contributed by atoms with van der Waals surface area (Å²) in [7, 11) is 1.99. The molecule has 0 radical (unpaired) electrons. The van der Waals surface area contributed by atoms with Crippen molar-refractivity contribution in [1.82, 2.24) is 5.32 Å². The minimum atomic E-state index is 0.372. The topological polar surface area (TPSA) is 15.3 Å². The van der Waals surface area contributed by atoms with Crippen LogP contribution >= 0.6 is 15.9 Å². The smallest absolute Gasteiger partial charge is 0.0386 e. The van der Waals surface area contributed by atoms with E-state index in [-0.39, 0.29) is 0 Å². The van der Waals surface area contributed by atoms with Crippen molar-refractivity contribution in [2.45, 2.75) is 26.3 Å². The van der Waals surface area contributed by atoms with Gasteiger partial charge in [-0.1, -0.05) is 33.6 Å². The molecule has 0 fully saturated rings. The Labute approximate surface area is 118 Å². The van der Waals surface area contributed by atoms with Gasteiger partial charge in [-0.2, -0.15) is 0 Å². The molecule has 1 N–H and O–H groups in total. The van der Waals surface area contributed by atoms with E-state index in [4.69, 9.17) is 0 Å². The van der Waals surface area contributed by atoms with Crippen molar-refractivity contribution in [1.29, 1.82) is 0 Å². The molecular weight excluding hydrogens is 288 g/mol. The van der Waals surface area contributed by atoms with Crippen molar-refractivity contribution in [2.24, 2.45) is 0 Å². The molecule has 0 aliphatic carbocycles. The van der Waals surface area contributed by atoms with E-state index >= 15 is 0 Å². The van der Waals surface area contributed by atoms with Gasteiger partial charge in [0.05, 0.1) is 0 Å². The van der Waals surface area contributed by atoms with E-state index in [2.05, 4.69) is 64.3 Å². The second-order valence-electron chi connectivity index (χ2n) is 4.98. The number of rotatable bonds is 3. The summed E-state index contributed by atoms with van der Waals surface area (Å²) in [6, 6.07) is 7.05. The van der Waals surface area contributed by atoms with Crippen LogP contribution in [-0.4, -0.2) is 20.1 Å². The molecule has 98 valence electrons. The van der Waals surface area contributed by atoms with Crippen molar-refractivity contribution in [3.8, 4) is 0 Å². The van der Waals surface area contributed by atoms with Gasteiger partial charge in [-0.3, -0.25) is 0 Å². The predicted octanol–water partition coefficient (Wildman–Crippen LogP) is 3.89. The zero-order chi connectivity index (χ0) is 13.1. The highest BCUT2D eigenvalue weighted by Crippen LogP contribution is 2.29. The summed E-state index contributed by atoms with van der Waals surface area (Å²) < 4.78 is 1.19. The van der Waals surface area contributed by atoms with E-state index in [0.717, 1.165) is 19.5 Å². The van der Waals surface area contributed by atoms with Gasteiger partial charge in [0.15, 0.2) is 0 Å². The molecule has 3 heteroatoms. The maximum Gasteiger partial charge on any atom is 0.0386 e. The number of hydrogen-bond donors (Lipinski definition) is 1. The van der Waals surface area contributed by atoms with E-state index in [0.29, 0.717) is 6.04 Å². The molecule has 2 nitrogen and oxygen atoms in total. The van der Waals surface area contributed by atoms with Crippen molar-refractivity contribution in [3.05, 3.63) is 39.9 Å². The van der Waals surface area contributed by atoms with Crippen molar-refractivity contribution >= 4 is 21.6 Å². The van der Waals surface area contributed by atoms with Gasteiger partial charge in [-0.15, -0.1) is 0 Å². The largest absolute Gasteiger partial charge is 0.367 e. The monoisotopic (exact) mass is 308 g/mol. The lowest BCUT2D eigenvalue weighted by Crippen LogP contribution is -2.29. The van der Waals surface area contributed by atoms with E-state index in [1.54, 1.807) is 0 Å². The quantitative estimate of drug-likeness (QED) is 0.852. The first-order valence-electron chi connectivity index (χ1n) is 6.49. The molecule has 0 bridgehead atoms. The number of anilines is 1. The Morgan fingerprint density at radius 1 is 1.39 bits per heavy atom. The third-order valence-electron chi connectivity index (χ3n) is 3.58. The highest BCUT2D eigenvalue weighted by atomic mass is 79.9. The fourth-order valence-electron chi connectivity index (χ4n) is 2.35. The molecule has 1 atom stereocenters. The molecule has 0 amide bonds.